The van der Waals surface area contributed by atoms with Crippen LogP contribution in [0.25, 0.3) is 11.4 Å². The van der Waals surface area contributed by atoms with Crippen LogP contribution in [0.5, 0.6) is 0 Å². The lowest BCUT2D eigenvalue weighted by Crippen LogP contribution is -2.15. The van der Waals surface area contributed by atoms with Crippen LogP contribution in [0.3, 0.4) is 0 Å². The Labute approximate surface area is 102 Å². The van der Waals surface area contributed by atoms with E-state index in [1.165, 1.54) is 6.07 Å². The Morgan fingerprint density at radius 1 is 1.44 bits per heavy atom. The Balaban J connectivity index is 2.16. The van der Waals surface area contributed by atoms with Crippen LogP contribution in [0.15, 0.2) is 24.3 Å². The van der Waals surface area contributed by atoms with Crippen LogP contribution in [0.2, 0.25) is 0 Å². The van der Waals surface area contributed by atoms with Crippen molar-refractivity contribution in [3.63, 3.8) is 0 Å². The molecule has 0 saturated heterocycles. The molecule has 2 aromatic rings. The zero-order valence-corrected chi connectivity index (χ0v) is 9.71. The lowest BCUT2D eigenvalue weighted by Gasteiger charge is -1.99. The minimum atomic E-state index is -0.463. The summed E-state index contributed by atoms with van der Waals surface area (Å²) >= 11 is 0. The molecule has 1 aromatic carbocycles. The van der Waals surface area contributed by atoms with Crippen LogP contribution >= 0.6 is 0 Å². The maximum atomic E-state index is 13.5. The number of carbonyl (C=O) groups excluding carboxylic acids is 1. The highest BCUT2D eigenvalue weighted by Gasteiger charge is 2.12. The van der Waals surface area contributed by atoms with Crippen molar-refractivity contribution in [1.29, 1.82) is 0 Å². The normalized spacial score (nSPS) is 10.3. The number of hydrogen-bond acceptors (Lipinski definition) is 5. The van der Waals surface area contributed by atoms with Gasteiger partial charge in [0.15, 0.2) is 6.54 Å². The molecule has 0 saturated carbocycles. The minimum absolute atomic E-state index is 0.136. The van der Waals surface area contributed by atoms with Crippen molar-refractivity contribution in [3.05, 3.63) is 30.1 Å². The number of carbonyl (C=O) groups is 1. The van der Waals surface area contributed by atoms with E-state index in [0.29, 0.717) is 0 Å². The molecule has 18 heavy (non-hydrogen) atoms. The van der Waals surface area contributed by atoms with Gasteiger partial charge in [-0.05, 0) is 24.3 Å². The summed E-state index contributed by atoms with van der Waals surface area (Å²) in [5.74, 6) is -0.763. The Morgan fingerprint density at radius 2 is 2.22 bits per heavy atom. The molecule has 0 aliphatic carbocycles. The van der Waals surface area contributed by atoms with Crippen LogP contribution in [0.1, 0.15) is 6.92 Å². The van der Waals surface area contributed by atoms with Gasteiger partial charge in [-0.2, -0.15) is 4.80 Å². The third-order valence-corrected chi connectivity index (χ3v) is 2.14. The topological polar surface area (TPSA) is 69.9 Å². The number of benzene rings is 1. The van der Waals surface area contributed by atoms with Gasteiger partial charge in [-0.15, -0.1) is 10.2 Å². The molecule has 0 unspecified atom stereocenters. The molecule has 1 aromatic heterocycles. The lowest BCUT2D eigenvalue weighted by atomic mass is 10.2. The van der Waals surface area contributed by atoms with Gasteiger partial charge in [-0.3, -0.25) is 0 Å². The Kier molecular flexibility index (Phi) is 3.61. The first-order valence-corrected chi connectivity index (χ1v) is 5.39. The monoisotopic (exact) mass is 250 g/mol. The fourth-order valence-electron chi connectivity index (χ4n) is 1.38. The van der Waals surface area contributed by atoms with E-state index < -0.39 is 11.8 Å². The van der Waals surface area contributed by atoms with Crippen LogP contribution in [0, 0.1) is 5.82 Å². The van der Waals surface area contributed by atoms with Gasteiger partial charge in [-0.25, -0.2) is 9.18 Å². The summed E-state index contributed by atoms with van der Waals surface area (Å²) in [6.45, 7) is 1.85. The number of aromatic nitrogens is 4. The van der Waals surface area contributed by atoms with E-state index in [2.05, 4.69) is 15.4 Å². The highest BCUT2D eigenvalue weighted by Crippen LogP contribution is 2.16. The summed E-state index contributed by atoms with van der Waals surface area (Å²) in [5, 5.41) is 11.3. The molecule has 94 valence electrons. The van der Waals surface area contributed by atoms with Gasteiger partial charge in [0, 0.05) is 0 Å². The molecule has 0 aliphatic heterocycles. The third-order valence-electron chi connectivity index (χ3n) is 2.14. The Morgan fingerprint density at radius 3 is 2.94 bits per heavy atom. The molecule has 0 amide bonds. The van der Waals surface area contributed by atoms with Crippen molar-refractivity contribution < 1.29 is 13.9 Å². The quantitative estimate of drug-likeness (QED) is 0.758. The van der Waals surface area contributed by atoms with Gasteiger partial charge >= 0.3 is 5.97 Å². The highest BCUT2D eigenvalue weighted by atomic mass is 19.1. The fraction of sp³-hybridized carbons (Fsp3) is 0.273. The maximum absolute atomic E-state index is 13.5. The molecule has 7 heteroatoms. The van der Waals surface area contributed by atoms with Gasteiger partial charge < -0.3 is 4.74 Å². The second kappa shape index (κ2) is 5.35. The molecule has 1 heterocycles. The smallest absolute Gasteiger partial charge is 0.329 e. The van der Waals surface area contributed by atoms with E-state index in [-0.39, 0.29) is 24.5 Å². The van der Waals surface area contributed by atoms with Crippen molar-refractivity contribution in [2.75, 3.05) is 6.61 Å². The average Bonchev–Trinajstić information content (AvgIpc) is 2.78. The summed E-state index contributed by atoms with van der Waals surface area (Å²) in [5.41, 5.74) is 0.243. The van der Waals surface area contributed by atoms with E-state index in [9.17, 15) is 9.18 Å². The molecule has 0 bridgehead atoms. The zero-order valence-electron chi connectivity index (χ0n) is 9.71. The van der Waals surface area contributed by atoms with Crippen LogP contribution < -0.4 is 0 Å². The van der Waals surface area contributed by atoms with Crippen molar-refractivity contribution in [2.24, 2.45) is 0 Å². The summed E-state index contributed by atoms with van der Waals surface area (Å²) < 4.78 is 18.2. The molecule has 0 spiro atoms. The summed E-state index contributed by atoms with van der Waals surface area (Å²) in [4.78, 5) is 12.3. The standard InChI is InChI=1S/C11H11FN4O2/c1-2-18-10(17)7-16-14-11(13-15-16)8-5-3-4-6-9(8)12/h3-6H,2,7H2,1H3. The van der Waals surface area contributed by atoms with Crippen molar-refractivity contribution in [1.82, 2.24) is 20.2 Å². The molecule has 2 rings (SSSR count). The number of nitrogens with zero attached hydrogens (tertiary/aromatic N) is 4. The van der Waals surface area contributed by atoms with Gasteiger partial charge in [0.1, 0.15) is 5.82 Å². The van der Waals surface area contributed by atoms with Gasteiger partial charge in [0.25, 0.3) is 0 Å². The number of rotatable bonds is 4. The first-order chi connectivity index (χ1) is 8.70. The largest absolute Gasteiger partial charge is 0.465 e. The molecule has 0 atom stereocenters. The molecule has 6 nitrogen and oxygen atoms in total. The molecule has 0 radical (unpaired) electrons. The predicted octanol–water partition coefficient (Wildman–Crippen LogP) is 1.04. The summed E-state index contributed by atoms with van der Waals surface area (Å²) in [6, 6.07) is 6.09. The number of tetrazole rings is 1. The lowest BCUT2D eigenvalue weighted by molar-refractivity contribution is -0.144. The van der Waals surface area contributed by atoms with Crippen LogP contribution in [0.4, 0.5) is 4.39 Å². The third kappa shape index (κ3) is 2.68. The fourth-order valence-corrected chi connectivity index (χ4v) is 1.38. The van der Waals surface area contributed by atoms with Gasteiger partial charge in [0.05, 0.1) is 12.2 Å². The van der Waals surface area contributed by atoms with Gasteiger partial charge in [-0.1, -0.05) is 12.1 Å². The predicted molar refractivity (Wildman–Crippen MR) is 59.8 cm³/mol. The summed E-state index contributed by atoms with van der Waals surface area (Å²) in [6.07, 6.45) is 0. The van der Waals surface area contributed by atoms with E-state index in [4.69, 9.17) is 4.74 Å². The number of halogens is 1. The van der Waals surface area contributed by atoms with Crippen molar-refractivity contribution >= 4 is 5.97 Å². The minimum Gasteiger partial charge on any atom is -0.465 e. The van der Waals surface area contributed by atoms with Crippen molar-refractivity contribution in [2.45, 2.75) is 13.5 Å². The Hall–Kier alpha value is -2.31. The van der Waals surface area contributed by atoms with Gasteiger partial charge in [0.2, 0.25) is 5.82 Å². The second-order valence-corrected chi connectivity index (χ2v) is 3.43. The van der Waals surface area contributed by atoms with Crippen LogP contribution in [-0.4, -0.2) is 32.8 Å². The first-order valence-electron chi connectivity index (χ1n) is 5.39. The van der Waals surface area contributed by atoms with E-state index in [1.54, 1.807) is 25.1 Å². The van der Waals surface area contributed by atoms with E-state index in [1.807, 2.05) is 0 Å². The zero-order chi connectivity index (χ0) is 13.0. The van der Waals surface area contributed by atoms with Crippen molar-refractivity contribution in [3.8, 4) is 11.4 Å². The number of esters is 1. The van der Waals surface area contributed by atoms with E-state index in [0.717, 1.165) is 4.80 Å². The number of ether oxygens (including phenoxy) is 1. The number of hydrogen-bond donors (Lipinski definition) is 0. The first kappa shape index (κ1) is 12.2. The summed E-state index contributed by atoms with van der Waals surface area (Å²) in [7, 11) is 0. The average molecular weight is 250 g/mol. The second-order valence-electron chi connectivity index (χ2n) is 3.43. The highest BCUT2D eigenvalue weighted by molar-refractivity contribution is 5.68. The SMILES string of the molecule is CCOC(=O)Cn1nnc(-c2ccccc2F)n1. The molecule has 0 aliphatic rings. The Bertz CT molecular complexity index is 555. The maximum Gasteiger partial charge on any atom is 0.329 e. The van der Waals surface area contributed by atoms with E-state index >= 15 is 0 Å². The molecule has 0 N–H and O–H groups in total. The van der Waals surface area contributed by atoms with Crippen LogP contribution in [-0.2, 0) is 16.1 Å². The molecular formula is C11H11FN4O2. The molecular weight excluding hydrogens is 239 g/mol. The molecule has 0 fully saturated rings.